The van der Waals surface area contributed by atoms with Crippen LogP contribution in [0.25, 0.3) is 6.08 Å². The van der Waals surface area contributed by atoms with Crippen LogP contribution in [0.3, 0.4) is 0 Å². The average molecular weight is 380 g/mol. The second-order valence-corrected chi connectivity index (χ2v) is 7.43. The molecule has 1 N–H and O–H groups in total. The van der Waals surface area contributed by atoms with Gasteiger partial charge in [0, 0.05) is 5.41 Å². The van der Waals surface area contributed by atoms with Crippen LogP contribution in [0.2, 0.25) is 0 Å². The van der Waals surface area contributed by atoms with Gasteiger partial charge in [-0.25, -0.2) is 5.43 Å². The van der Waals surface area contributed by atoms with E-state index in [1.807, 2.05) is 85.8 Å². The summed E-state index contributed by atoms with van der Waals surface area (Å²) in [7, 11) is 0. The lowest BCUT2D eigenvalue weighted by molar-refractivity contribution is -0.122. The lowest BCUT2D eigenvalue weighted by Gasteiger charge is -2.18. The fourth-order valence-electron chi connectivity index (χ4n) is 3.89. The topological polar surface area (TPSA) is 41.5 Å². The smallest absolute Gasteiger partial charge is 0.244 e. The van der Waals surface area contributed by atoms with Crippen molar-refractivity contribution in [3.63, 3.8) is 0 Å². The van der Waals surface area contributed by atoms with E-state index in [2.05, 4.69) is 34.8 Å². The van der Waals surface area contributed by atoms with Crippen molar-refractivity contribution in [3.8, 4) is 0 Å². The molecule has 0 saturated heterocycles. The summed E-state index contributed by atoms with van der Waals surface area (Å²) in [5.74, 6) is -0.160. The van der Waals surface area contributed by atoms with Gasteiger partial charge in [0.2, 0.25) is 5.91 Å². The highest BCUT2D eigenvalue weighted by atomic mass is 16.2. The first kappa shape index (κ1) is 18.9. The maximum Gasteiger partial charge on any atom is 0.244 e. The second kappa shape index (κ2) is 8.27. The summed E-state index contributed by atoms with van der Waals surface area (Å²) in [5.41, 5.74) is 6.72. The predicted octanol–water partition coefficient (Wildman–Crippen LogP) is 5.20. The van der Waals surface area contributed by atoms with Crippen molar-refractivity contribution < 1.29 is 4.79 Å². The van der Waals surface area contributed by atoms with E-state index in [0.29, 0.717) is 0 Å². The molecule has 144 valence electrons. The number of carbonyl (C=O) groups is 1. The Morgan fingerprint density at radius 3 is 1.97 bits per heavy atom. The van der Waals surface area contributed by atoms with Gasteiger partial charge >= 0.3 is 0 Å². The van der Waals surface area contributed by atoms with E-state index < -0.39 is 0 Å². The number of allylic oxidation sites excluding steroid dienone is 1. The van der Waals surface area contributed by atoms with E-state index in [0.717, 1.165) is 17.7 Å². The van der Waals surface area contributed by atoms with Crippen LogP contribution in [0, 0.1) is 5.92 Å². The number of hydrazone groups is 1. The number of amides is 1. The molecule has 0 aliphatic heterocycles. The van der Waals surface area contributed by atoms with Gasteiger partial charge in [-0.3, -0.25) is 4.79 Å². The van der Waals surface area contributed by atoms with E-state index in [1.165, 1.54) is 11.1 Å². The molecule has 0 aromatic heterocycles. The molecule has 0 radical (unpaired) electrons. The first-order chi connectivity index (χ1) is 14.2. The largest absolute Gasteiger partial charge is 0.273 e. The number of nitrogens with zero attached hydrogens (tertiary/aromatic N) is 1. The standard InChI is InChI=1S/C26H24N2O/c1-20(17-18-21-11-5-2-6-12-21)27-28-25(29)24-19-26(24,22-13-7-3-8-14-22)23-15-9-4-10-16-23/h2-18,24H,19H2,1H3,(H,28,29)/b18-17+,27-20+. The summed E-state index contributed by atoms with van der Waals surface area (Å²) in [5, 5.41) is 4.28. The summed E-state index contributed by atoms with van der Waals surface area (Å²) in [6, 6.07) is 30.6. The fraction of sp³-hybridized carbons (Fsp3) is 0.154. The number of nitrogens with one attached hydrogen (secondary N) is 1. The second-order valence-electron chi connectivity index (χ2n) is 7.43. The third-order valence-electron chi connectivity index (χ3n) is 5.51. The van der Waals surface area contributed by atoms with Crippen molar-refractivity contribution in [1.29, 1.82) is 0 Å². The Morgan fingerprint density at radius 1 is 0.897 bits per heavy atom. The zero-order valence-electron chi connectivity index (χ0n) is 16.5. The number of rotatable bonds is 6. The Labute approximate surface area is 171 Å². The van der Waals surface area contributed by atoms with Crippen molar-refractivity contribution in [2.24, 2.45) is 11.0 Å². The van der Waals surface area contributed by atoms with Crippen LogP contribution in [0.15, 0.2) is 102 Å². The number of hydrogen-bond acceptors (Lipinski definition) is 2. The SMILES string of the molecule is CC(/C=C/c1ccccc1)=N\NC(=O)C1CC1(c1ccccc1)c1ccccc1. The van der Waals surface area contributed by atoms with Crippen LogP contribution in [0.4, 0.5) is 0 Å². The van der Waals surface area contributed by atoms with Gasteiger partial charge in [0.1, 0.15) is 0 Å². The Hall–Kier alpha value is -3.46. The molecule has 3 aromatic carbocycles. The molecule has 0 spiro atoms. The van der Waals surface area contributed by atoms with Gasteiger partial charge in [-0.1, -0.05) is 97.1 Å². The summed E-state index contributed by atoms with van der Waals surface area (Å²) in [4.78, 5) is 12.9. The molecule has 29 heavy (non-hydrogen) atoms. The molecular formula is C26H24N2O. The van der Waals surface area contributed by atoms with Gasteiger partial charge in [0.15, 0.2) is 0 Å². The van der Waals surface area contributed by atoms with Crippen LogP contribution < -0.4 is 5.43 Å². The minimum Gasteiger partial charge on any atom is -0.273 e. The van der Waals surface area contributed by atoms with Crippen LogP contribution in [-0.2, 0) is 10.2 Å². The van der Waals surface area contributed by atoms with Crippen molar-refractivity contribution in [2.75, 3.05) is 0 Å². The van der Waals surface area contributed by atoms with Crippen molar-refractivity contribution in [2.45, 2.75) is 18.8 Å². The summed E-state index contributed by atoms with van der Waals surface area (Å²) >= 11 is 0. The Balaban J connectivity index is 1.49. The Kier molecular flexibility index (Phi) is 5.39. The number of carbonyl (C=O) groups excluding carboxylic acids is 1. The molecule has 1 aliphatic carbocycles. The van der Waals surface area contributed by atoms with Crippen molar-refractivity contribution >= 4 is 17.7 Å². The summed E-state index contributed by atoms with van der Waals surface area (Å²) in [6.45, 7) is 1.88. The molecule has 3 heteroatoms. The molecule has 1 aliphatic rings. The molecule has 1 unspecified atom stereocenters. The van der Waals surface area contributed by atoms with Gasteiger partial charge in [-0.05, 0) is 36.1 Å². The van der Waals surface area contributed by atoms with Gasteiger partial charge in [-0.15, -0.1) is 0 Å². The van der Waals surface area contributed by atoms with Gasteiger partial charge < -0.3 is 0 Å². The molecule has 1 fully saturated rings. The monoisotopic (exact) mass is 380 g/mol. The lowest BCUT2D eigenvalue weighted by Crippen LogP contribution is -2.26. The quantitative estimate of drug-likeness (QED) is 0.464. The third-order valence-corrected chi connectivity index (χ3v) is 5.51. The van der Waals surface area contributed by atoms with E-state index in [-0.39, 0.29) is 17.2 Å². The average Bonchev–Trinajstić information content (AvgIpc) is 3.55. The molecule has 1 saturated carbocycles. The van der Waals surface area contributed by atoms with Gasteiger partial charge in [0.05, 0.1) is 11.6 Å². The van der Waals surface area contributed by atoms with Crippen LogP contribution in [0.1, 0.15) is 30.0 Å². The highest BCUT2D eigenvalue weighted by molar-refractivity contribution is 5.97. The molecule has 3 aromatic rings. The molecule has 3 nitrogen and oxygen atoms in total. The fourth-order valence-corrected chi connectivity index (χ4v) is 3.89. The molecule has 0 heterocycles. The van der Waals surface area contributed by atoms with Gasteiger partial charge in [0.25, 0.3) is 0 Å². The van der Waals surface area contributed by atoms with E-state index in [4.69, 9.17) is 0 Å². The van der Waals surface area contributed by atoms with E-state index >= 15 is 0 Å². The predicted molar refractivity (Wildman–Crippen MR) is 118 cm³/mol. The van der Waals surface area contributed by atoms with E-state index in [1.54, 1.807) is 0 Å². The molecular weight excluding hydrogens is 356 g/mol. The van der Waals surface area contributed by atoms with Crippen LogP contribution >= 0.6 is 0 Å². The van der Waals surface area contributed by atoms with Crippen molar-refractivity contribution in [3.05, 3.63) is 114 Å². The first-order valence-corrected chi connectivity index (χ1v) is 9.88. The maximum atomic E-state index is 12.9. The van der Waals surface area contributed by atoms with Crippen LogP contribution in [0.5, 0.6) is 0 Å². The zero-order valence-corrected chi connectivity index (χ0v) is 16.5. The molecule has 1 atom stereocenters. The summed E-state index contributed by atoms with van der Waals surface area (Å²) in [6.07, 6.45) is 4.69. The minimum atomic E-state index is -0.268. The Bertz CT molecular complexity index is 985. The highest BCUT2D eigenvalue weighted by Gasteiger charge is 2.60. The van der Waals surface area contributed by atoms with Gasteiger partial charge in [-0.2, -0.15) is 5.10 Å². The van der Waals surface area contributed by atoms with Crippen molar-refractivity contribution in [1.82, 2.24) is 5.43 Å². The molecule has 4 rings (SSSR count). The molecule has 0 bridgehead atoms. The molecule has 1 amide bonds. The van der Waals surface area contributed by atoms with E-state index in [9.17, 15) is 4.79 Å². The normalized spacial score (nSPS) is 17.8. The highest BCUT2D eigenvalue weighted by Crippen LogP contribution is 2.58. The lowest BCUT2D eigenvalue weighted by atomic mass is 9.85. The number of benzene rings is 3. The zero-order chi connectivity index (χ0) is 20.1. The van der Waals surface area contributed by atoms with Crippen LogP contribution in [-0.4, -0.2) is 11.6 Å². The Morgan fingerprint density at radius 2 is 1.41 bits per heavy atom. The minimum absolute atomic E-state index is 0.0369. The summed E-state index contributed by atoms with van der Waals surface area (Å²) < 4.78 is 0. The third kappa shape index (κ3) is 4.04. The number of hydrogen-bond donors (Lipinski definition) is 1. The first-order valence-electron chi connectivity index (χ1n) is 9.88. The maximum absolute atomic E-state index is 12.9.